The molecule has 2 atom stereocenters. The van der Waals surface area contributed by atoms with Gasteiger partial charge in [0.15, 0.2) is 0 Å². The third kappa shape index (κ3) is 0.640. The molecule has 2 nitrogen and oxygen atoms in total. The third-order valence-electron chi connectivity index (χ3n) is 1.72. The van der Waals surface area contributed by atoms with Crippen LogP contribution >= 0.6 is 0 Å². The Labute approximate surface area is 43.6 Å². The average Bonchev–Trinajstić information content (AvgIpc) is 2.18. The molecule has 1 unspecified atom stereocenters. The smallest absolute Gasteiger partial charge is 0.0817 e. The summed E-state index contributed by atoms with van der Waals surface area (Å²) in [5.41, 5.74) is 5.51. The van der Waals surface area contributed by atoms with Gasteiger partial charge in [0.05, 0.1) is 5.60 Å². The van der Waals surface area contributed by atoms with Gasteiger partial charge in [-0.25, -0.2) is 0 Å². The van der Waals surface area contributed by atoms with Gasteiger partial charge in [-0.05, 0) is 13.3 Å². The maximum Gasteiger partial charge on any atom is 0.0817 e. The molecule has 0 aromatic rings. The largest absolute Gasteiger partial charge is 0.377 e. The van der Waals surface area contributed by atoms with Gasteiger partial charge in [0, 0.05) is 13.2 Å². The van der Waals surface area contributed by atoms with Gasteiger partial charge < -0.3 is 10.5 Å². The van der Waals surface area contributed by atoms with Crippen molar-refractivity contribution in [3.8, 4) is 0 Å². The number of ether oxygens (including phenoxy) is 1. The summed E-state index contributed by atoms with van der Waals surface area (Å²) in [6.45, 7) is 2.03. The molecule has 1 aliphatic rings. The van der Waals surface area contributed by atoms with Gasteiger partial charge >= 0.3 is 0 Å². The zero-order chi connectivity index (χ0) is 5.49. The van der Waals surface area contributed by atoms with Crippen LogP contribution in [0.1, 0.15) is 13.3 Å². The van der Waals surface area contributed by atoms with E-state index in [4.69, 9.17) is 10.5 Å². The second-order valence-corrected chi connectivity index (χ2v) is 2.33. The minimum Gasteiger partial charge on any atom is -0.377 e. The van der Waals surface area contributed by atoms with Gasteiger partial charge in [0.25, 0.3) is 0 Å². The van der Waals surface area contributed by atoms with Crippen molar-refractivity contribution in [3.05, 3.63) is 0 Å². The van der Waals surface area contributed by atoms with E-state index in [2.05, 4.69) is 0 Å². The van der Waals surface area contributed by atoms with Crippen LogP contribution in [0.4, 0.5) is 0 Å². The lowest BCUT2D eigenvalue weighted by Crippen LogP contribution is -2.17. The number of methoxy groups -OCH3 is 1. The zero-order valence-corrected chi connectivity index (χ0v) is 4.77. The number of hydrogen-bond donors (Lipinski definition) is 1. The summed E-state index contributed by atoms with van der Waals surface area (Å²) in [6.07, 6.45) is 1.02. The van der Waals surface area contributed by atoms with Crippen LogP contribution in [-0.4, -0.2) is 18.8 Å². The Balaban J connectivity index is 2.36. The van der Waals surface area contributed by atoms with Crippen molar-refractivity contribution in [2.45, 2.75) is 25.0 Å². The summed E-state index contributed by atoms with van der Waals surface area (Å²) in [6, 6.07) is 0.289. The fourth-order valence-electron chi connectivity index (χ4n) is 0.612. The van der Waals surface area contributed by atoms with Gasteiger partial charge in [-0.2, -0.15) is 0 Å². The first-order valence-corrected chi connectivity index (χ1v) is 2.50. The molecule has 1 aliphatic carbocycles. The lowest BCUT2D eigenvalue weighted by molar-refractivity contribution is 0.0917. The van der Waals surface area contributed by atoms with E-state index in [0.29, 0.717) is 0 Å². The lowest BCUT2D eigenvalue weighted by atomic mass is 10.4. The highest BCUT2D eigenvalue weighted by Gasteiger charge is 2.47. The van der Waals surface area contributed by atoms with Crippen LogP contribution in [0.15, 0.2) is 0 Å². The summed E-state index contributed by atoms with van der Waals surface area (Å²) >= 11 is 0. The Kier molecular flexibility index (Phi) is 0.869. The molecule has 0 bridgehead atoms. The predicted molar refractivity (Wildman–Crippen MR) is 28.0 cm³/mol. The number of hydrogen-bond acceptors (Lipinski definition) is 2. The maximum atomic E-state index is 5.49. The second kappa shape index (κ2) is 1.20. The van der Waals surface area contributed by atoms with Crippen molar-refractivity contribution in [2.75, 3.05) is 7.11 Å². The molecule has 0 spiro atoms. The first kappa shape index (κ1) is 5.06. The first-order chi connectivity index (χ1) is 3.19. The van der Waals surface area contributed by atoms with Crippen molar-refractivity contribution in [1.29, 1.82) is 0 Å². The molecule has 0 heterocycles. The van der Waals surface area contributed by atoms with E-state index in [9.17, 15) is 0 Å². The van der Waals surface area contributed by atoms with Gasteiger partial charge in [0.1, 0.15) is 0 Å². The monoisotopic (exact) mass is 101 g/mol. The molecule has 0 amide bonds. The van der Waals surface area contributed by atoms with E-state index in [1.807, 2.05) is 6.92 Å². The molecule has 0 aliphatic heterocycles. The van der Waals surface area contributed by atoms with Crippen LogP contribution < -0.4 is 5.73 Å². The summed E-state index contributed by atoms with van der Waals surface area (Å²) in [5, 5.41) is 0. The molecular weight excluding hydrogens is 90.1 g/mol. The number of nitrogens with two attached hydrogens (primary N) is 1. The highest BCUT2D eigenvalue weighted by Crippen LogP contribution is 2.36. The molecular formula is C5H11NO. The molecule has 1 fully saturated rings. The van der Waals surface area contributed by atoms with Gasteiger partial charge in [-0.1, -0.05) is 0 Å². The van der Waals surface area contributed by atoms with Crippen LogP contribution in [0, 0.1) is 0 Å². The molecule has 2 heteroatoms. The minimum atomic E-state index is 0.0278. The Morgan fingerprint density at radius 3 is 2.29 bits per heavy atom. The molecule has 1 saturated carbocycles. The van der Waals surface area contributed by atoms with Crippen LogP contribution in [-0.2, 0) is 4.74 Å². The van der Waals surface area contributed by atoms with Crippen molar-refractivity contribution >= 4 is 0 Å². The SMILES string of the molecule is COC1(C)C[C@H]1N. The molecule has 2 N–H and O–H groups in total. The molecule has 42 valence electrons. The predicted octanol–water partition coefficient (Wildman–Crippen LogP) is 0.123. The summed E-state index contributed by atoms with van der Waals surface area (Å²) < 4.78 is 5.04. The average molecular weight is 101 g/mol. The van der Waals surface area contributed by atoms with Crippen LogP contribution in [0.2, 0.25) is 0 Å². The lowest BCUT2D eigenvalue weighted by Gasteiger charge is -2.03. The second-order valence-electron chi connectivity index (χ2n) is 2.33. The third-order valence-corrected chi connectivity index (χ3v) is 1.72. The standard InChI is InChI=1S/C5H11NO/c1-5(7-2)3-4(5)6/h4H,3,6H2,1-2H3/t4-,5?/m1/s1. The van der Waals surface area contributed by atoms with E-state index in [0.717, 1.165) is 6.42 Å². The van der Waals surface area contributed by atoms with Crippen molar-refractivity contribution in [3.63, 3.8) is 0 Å². The van der Waals surface area contributed by atoms with Crippen LogP contribution in [0.3, 0.4) is 0 Å². The van der Waals surface area contributed by atoms with Crippen molar-refractivity contribution < 1.29 is 4.74 Å². The fourth-order valence-corrected chi connectivity index (χ4v) is 0.612. The fraction of sp³-hybridized carbons (Fsp3) is 1.00. The van der Waals surface area contributed by atoms with E-state index in [1.165, 1.54) is 0 Å². The van der Waals surface area contributed by atoms with Crippen molar-refractivity contribution in [1.82, 2.24) is 0 Å². The Morgan fingerprint density at radius 2 is 2.29 bits per heavy atom. The Hall–Kier alpha value is -0.0800. The summed E-state index contributed by atoms with van der Waals surface area (Å²) in [4.78, 5) is 0. The molecule has 0 saturated heterocycles. The first-order valence-electron chi connectivity index (χ1n) is 2.50. The molecule has 0 radical (unpaired) electrons. The van der Waals surface area contributed by atoms with Gasteiger partial charge in [-0.15, -0.1) is 0 Å². The van der Waals surface area contributed by atoms with Gasteiger partial charge in [-0.3, -0.25) is 0 Å². The topological polar surface area (TPSA) is 35.2 Å². The highest BCUT2D eigenvalue weighted by atomic mass is 16.5. The van der Waals surface area contributed by atoms with Crippen LogP contribution in [0.5, 0.6) is 0 Å². The molecule has 0 aromatic carbocycles. The molecule has 7 heavy (non-hydrogen) atoms. The quantitative estimate of drug-likeness (QED) is 0.509. The Morgan fingerprint density at radius 1 is 1.86 bits per heavy atom. The molecule has 0 aromatic heterocycles. The number of rotatable bonds is 1. The van der Waals surface area contributed by atoms with Gasteiger partial charge in [0.2, 0.25) is 0 Å². The van der Waals surface area contributed by atoms with E-state index in [-0.39, 0.29) is 11.6 Å². The molecule has 1 rings (SSSR count). The highest BCUT2D eigenvalue weighted by molar-refractivity contribution is 5.05. The minimum absolute atomic E-state index is 0.0278. The van der Waals surface area contributed by atoms with Crippen LogP contribution in [0.25, 0.3) is 0 Å². The van der Waals surface area contributed by atoms with E-state index >= 15 is 0 Å². The maximum absolute atomic E-state index is 5.49. The normalized spacial score (nSPS) is 49.3. The zero-order valence-electron chi connectivity index (χ0n) is 4.77. The summed E-state index contributed by atoms with van der Waals surface area (Å²) in [7, 11) is 1.70. The Bertz CT molecular complexity index is 80.1. The van der Waals surface area contributed by atoms with E-state index < -0.39 is 0 Å². The summed E-state index contributed by atoms with van der Waals surface area (Å²) in [5.74, 6) is 0. The van der Waals surface area contributed by atoms with E-state index in [1.54, 1.807) is 7.11 Å². The van der Waals surface area contributed by atoms with Crippen molar-refractivity contribution in [2.24, 2.45) is 5.73 Å².